The monoisotopic (exact) mass is 531 g/mol. The zero-order valence-corrected chi connectivity index (χ0v) is 21.7. The summed E-state index contributed by atoms with van der Waals surface area (Å²) in [6, 6.07) is 7.42. The standard InChI is InChI=1S/C24H30ClN7O3S/c1-3-8-36-24-28-21(27-16-10-14(16)12-6-5-7-13(25)9-12)18-22(29-24)32(31-30-18)17-11-15(19(33)20(17)34)23(35)26-4-2/h5-7,9,14-17,19-20,33-34H,3-4,8,10-11H2,1-2H3,(H,26,35)(H,27,28,29)/t14?,15-,16?,17+,19+,20-/m1/s1. The van der Waals surface area contributed by atoms with E-state index in [1.165, 1.54) is 22.0 Å². The number of benzene rings is 1. The molecule has 10 nitrogen and oxygen atoms in total. The molecule has 2 unspecified atom stereocenters. The van der Waals surface area contributed by atoms with E-state index in [0.29, 0.717) is 39.6 Å². The van der Waals surface area contributed by atoms with Gasteiger partial charge in [-0.3, -0.25) is 4.79 Å². The first kappa shape index (κ1) is 25.2. The van der Waals surface area contributed by atoms with Crippen molar-refractivity contribution in [1.29, 1.82) is 0 Å². The molecule has 4 N–H and O–H groups in total. The lowest BCUT2D eigenvalue weighted by Crippen LogP contribution is -2.38. The number of amides is 1. The summed E-state index contributed by atoms with van der Waals surface area (Å²) in [7, 11) is 0. The summed E-state index contributed by atoms with van der Waals surface area (Å²) in [6.45, 7) is 4.36. The Balaban J connectivity index is 1.44. The zero-order valence-electron chi connectivity index (χ0n) is 20.1. The highest BCUT2D eigenvalue weighted by molar-refractivity contribution is 7.99. The third kappa shape index (κ3) is 4.89. The van der Waals surface area contributed by atoms with Gasteiger partial charge in [0, 0.05) is 29.3 Å². The average molecular weight is 532 g/mol. The molecule has 2 aliphatic carbocycles. The highest BCUT2D eigenvalue weighted by Gasteiger charge is 2.47. The number of thioether (sulfide) groups is 1. The normalized spacial score (nSPS) is 27.4. The fourth-order valence-corrected chi connectivity index (χ4v) is 5.74. The minimum absolute atomic E-state index is 0.178. The second kappa shape index (κ2) is 10.5. The molecular weight excluding hydrogens is 502 g/mol. The van der Waals surface area contributed by atoms with Gasteiger partial charge in [0.25, 0.3) is 0 Å². The number of rotatable bonds is 9. The van der Waals surface area contributed by atoms with E-state index in [9.17, 15) is 15.0 Å². The lowest BCUT2D eigenvalue weighted by Gasteiger charge is -2.17. The molecule has 2 aromatic heterocycles. The van der Waals surface area contributed by atoms with Crippen molar-refractivity contribution >= 4 is 46.3 Å². The third-order valence-corrected chi connectivity index (χ3v) is 8.07. The Kier molecular flexibility index (Phi) is 7.34. The van der Waals surface area contributed by atoms with Crippen LogP contribution in [0.5, 0.6) is 0 Å². The van der Waals surface area contributed by atoms with Gasteiger partial charge in [-0.2, -0.15) is 0 Å². The predicted octanol–water partition coefficient (Wildman–Crippen LogP) is 2.76. The Morgan fingerprint density at radius 2 is 2.06 bits per heavy atom. The second-order valence-corrected chi connectivity index (χ2v) is 10.8. The van der Waals surface area contributed by atoms with Crippen LogP contribution in [-0.2, 0) is 4.79 Å². The van der Waals surface area contributed by atoms with Crippen LogP contribution in [0, 0.1) is 5.92 Å². The Bertz CT molecular complexity index is 1260. The Hall–Kier alpha value is -2.47. The third-order valence-electron chi connectivity index (χ3n) is 6.78. The van der Waals surface area contributed by atoms with Crippen LogP contribution < -0.4 is 10.6 Å². The van der Waals surface area contributed by atoms with Gasteiger partial charge >= 0.3 is 0 Å². The molecule has 0 saturated heterocycles. The van der Waals surface area contributed by atoms with E-state index < -0.39 is 24.2 Å². The van der Waals surface area contributed by atoms with Crippen molar-refractivity contribution in [3.05, 3.63) is 34.9 Å². The van der Waals surface area contributed by atoms with E-state index in [-0.39, 0.29) is 18.4 Å². The van der Waals surface area contributed by atoms with Crippen molar-refractivity contribution in [1.82, 2.24) is 30.3 Å². The van der Waals surface area contributed by atoms with E-state index in [0.717, 1.165) is 18.6 Å². The summed E-state index contributed by atoms with van der Waals surface area (Å²) in [5.41, 5.74) is 2.14. The quantitative estimate of drug-likeness (QED) is 0.242. The first-order valence-corrected chi connectivity index (χ1v) is 13.7. The summed E-state index contributed by atoms with van der Waals surface area (Å²) < 4.78 is 1.53. The van der Waals surface area contributed by atoms with Gasteiger partial charge in [0.05, 0.1) is 18.1 Å². The number of aliphatic hydroxyl groups is 2. The fraction of sp³-hybridized carbons (Fsp3) is 0.542. The molecule has 12 heteroatoms. The SMILES string of the molecule is CCCSc1nc(NC2CC2c2cccc(Cl)c2)c2nnn([C@H]3C[C@@H](C(=O)NCC)[C@H](O)[C@@H]3O)c2n1. The van der Waals surface area contributed by atoms with Gasteiger partial charge in [-0.15, -0.1) is 5.10 Å². The molecule has 2 aliphatic rings. The number of aliphatic hydroxyl groups excluding tert-OH is 2. The van der Waals surface area contributed by atoms with Crippen LogP contribution in [0.1, 0.15) is 50.6 Å². The summed E-state index contributed by atoms with van der Waals surface area (Å²) in [5, 5.41) is 37.6. The predicted molar refractivity (Wildman–Crippen MR) is 138 cm³/mol. The first-order chi connectivity index (χ1) is 17.4. The highest BCUT2D eigenvalue weighted by atomic mass is 35.5. The lowest BCUT2D eigenvalue weighted by atomic mass is 10.0. The maximum atomic E-state index is 12.4. The molecule has 2 saturated carbocycles. The number of fused-ring (bicyclic) bond motifs is 1. The van der Waals surface area contributed by atoms with Crippen molar-refractivity contribution in [3.8, 4) is 0 Å². The molecule has 0 radical (unpaired) electrons. The molecule has 192 valence electrons. The van der Waals surface area contributed by atoms with Gasteiger partial charge in [0.1, 0.15) is 6.10 Å². The number of hydrogen-bond donors (Lipinski definition) is 4. The van der Waals surface area contributed by atoms with E-state index in [1.807, 2.05) is 25.1 Å². The van der Waals surface area contributed by atoms with Crippen molar-refractivity contribution in [2.24, 2.45) is 5.92 Å². The van der Waals surface area contributed by atoms with Gasteiger partial charge in [-0.1, -0.05) is 47.6 Å². The van der Waals surface area contributed by atoms with Crippen LogP contribution in [0.3, 0.4) is 0 Å². The number of nitrogens with zero attached hydrogens (tertiary/aromatic N) is 5. The number of hydrogen-bond acceptors (Lipinski definition) is 9. The van der Waals surface area contributed by atoms with E-state index in [2.05, 4.69) is 33.9 Å². The molecule has 6 atom stereocenters. The van der Waals surface area contributed by atoms with Crippen molar-refractivity contribution in [2.75, 3.05) is 17.6 Å². The molecule has 5 rings (SSSR count). The van der Waals surface area contributed by atoms with Crippen molar-refractivity contribution in [3.63, 3.8) is 0 Å². The van der Waals surface area contributed by atoms with Crippen LogP contribution in [0.4, 0.5) is 5.82 Å². The minimum atomic E-state index is -1.20. The average Bonchev–Trinajstić information content (AvgIpc) is 3.40. The molecule has 1 amide bonds. The molecule has 0 aliphatic heterocycles. The van der Waals surface area contributed by atoms with E-state index >= 15 is 0 Å². The number of halogens is 1. The first-order valence-electron chi connectivity index (χ1n) is 12.3. The van der Waals surface area contributed by atoms with Crippen LogP contribution in [0.25, 0.3) is 11.2 Å². The zero-order chi connectivity index (χ0) is 25.4. The summed E-state index contributed by atoms with van der Waals surface area (Å²) in [5.74, 6) is 0.744. The maximum Gasteiger partial charge on any atom is 0.225 e. The molecule has 0 spiro atoms. The fourth-order valence-electron chi connectivity index (χ4n) is 4.84. The Morgan fingerprint density at radius 3 is 2.81 bits per heavy atom. The minimum Gasteiger partial charge on any atom is -0.390 e. The van der Waals surface area contributed by atoms with Gasteiger partial charge in [0.2, 0.25) is 5.91 Å². The smallest absolute Gasteiger partial charge is 0.225 e. The number of aromatic nitrogens is 5. The number of carbonyl (C=O) groups excluding carboxylic acids is 1. The van der Waals surface area contributed by atoms with Crippen molar-refractivity contribution < 1.29 is 15.0 Å². The molecule has 3 aromatic rings. The van der Waals surface area contributed by atoms with Gasteiger partial charge in [-0.05, 0) is 43.9 Å². The van der Waals surface area contributed by atoms with Crippen LogP contribution >= 0.6 is 23.4 Å². The number of carbonyl (C=O) groups is 1. The van der Waals surface area contributed by atoms with Gasteiger partial charge in [0.15, 0.2) is 22.1 Å². The van der Waals surface area contributed by atoms with Crippen LogP contribution in [0.2, 0.25) is 5.02 Å². The molecular formula is C24H30ClN7O3S. The van der Waals surface area contributed by atoms with Gasteiger partial charge in [-0.25, -0.2) is 14.6 Å². The molecule has 36 heavy (non-hydrogen) atoms. The largest absolute Gasteiger partial charge is 0.390 e. The van der Waals surface area contributed by atoms with Gasteiger partial charge < -0.3 is 20.8 Å². The topological polar surface area (TPSA) is 138 Å². The highest BCUT2D eigenvalue weighted by Crippen LogP contribution is 2.44. The van der Waals surface area contributed by atoms with Crippen LogP contribution in [-0.4, -0.2) is 71.6 Å². The summed E-state index contributed by atoms with van der Waals surface area (Å²) in [4.78, 5) is 21.9. The maximum absolute atomic E-state index is 12.4. The van der Waals surface area contributed by atoms with E-state index in [1.54, 1.807) is 0 Å². The molecule has 0 bridgehead atoms. The lowest BCUT2D eigenvalue weighted by molar-refractivity contribution is -0.128. The molecule has 1 aromatic carbocycles. The number of nitrogens with one attached hydrogen (secondary N) is 2. The van der Waals surface area contributed by atoms with Crippen molar-refractivity contribution in [2.45, 2.75) is 68.5 Å². The Morgan fingerprint density at radius 1 is 1.22 bits per heavy atom. The molecule has 2 fully saturated rings. The van der Waals surface area contributed by atoms with Crippen LogP contribution in [0.15, 0.2) is 29.4 Å². The van der Waals surface area contributed by atoms with E-state index in [4.69, 9.17) is 21.6 Å². The summed E-state index contributed by atoms with van der Waals surface area (Å²) in [6.07, 6.45) is -0.224. The second-order valence-electron chi connectivity index (χ2n) is 9.34. The number of anilines is 1. The summed E-state index contributed by atoms with van der Waals surface area (Å²) >= 11 is 7.72. The molecule has 2 heterocycles. The Labute approximate surface area is 218 Å².